The number of carbonyl (C=O) groups is 1. The number of ether oxygens (including phenoxy) is 1. The summed E-state index contributed by atoms with van der Waals surface area (Å²) in [4.78, 5) is 14.3. The van der Waals surface area contributed by atoms with Gasteiger partial charge in [-0.25, -0.2) is 4.39 Å². The summed E-state index contributed by atoms with van der Waals surface area (Å²) in [7, 11) is 0. The molecule has 0 aromatic carbocycles. The van der Waals surface area contributed by atoms with Gasteiger partial charge in [0.2, 0.25) is 0 Å². The second kappa shape index (κ2) is 6.14. The summed E-state index contributed by atoms with van der Waals surface area (Å²) < 4.78 is 22.5. The molecule has 0 bridgehead atoms. The van der Waals surface area contributed by atoms with Crippen molar-refractivity contribution in [2.75, 3.05) is 19.8 Å². The first-order valence-corrected chi connectivity index (χ1v) is 9.21. The number of amides is 1. The van der Waals surface area contributed by atoms with Crippen molar-refractivity contribution >= 4 is 5.91 Å². The number of carbonyl (C=O) groups excluding carboxylic acids is 1. The zero-order valence-electron chi connectivity index (χ0n) is 14.3. The Balaban J connectivity index is 1.51. The molecular formula is C18H26FN3O2. The summed E-state index contributed by atoms with van der Waals surface area (Å²) in [6.07, 6.45) is 5.90. The fraction of sp³-hybridized carbons (Fsp3) is 0.778. The molecule has 132 valence electrons. The average molecular weight is 335 g/mol. The SMILES string of the molecule is CCn1ncc2c1[C@@H](COCC1CC1)CN(C(=O)C1(F)CCC1)C2. The first-order chi connectivity index (χ1) is 11.6. The van der Waals surface area contributed by atoms with Gasteiger partial charge in [0.05, 0.1) is 18.5 Å². The van der Waals surface area contributed by atoms with Gasteiger partial charge < -0.3 is 9.64 Å². The maximum Gasteiger partial charge on any atom is 0.260 e. The molecule has 2 aliphatic carbocycles. The third kappa shape index (κ3) is 2.85. The summed E-state index contributed by atoms with van der Waals surface area (Å²) in [6, 6.07) is 0. The van der Waals surface area contributed by atoms with Gasteiger partial charge in [-0.1, -0.05) is 0 Å². The van der Waals surface area contributed by atoms with Crippen LogP contribution in [0.3, 0.4) is 0 Å². The lowest BCUT2D eigenvalue weighted by molar-refractivity contribution is -0.151. The van der Waals surface area contributed by atoms with Crippen molar-refractivity contribution in [3.8, 4) is 0 Å². The highest BCUT2D eigenvalue weighted by Gasteiger charge is 2.48. The van der Waals surface area contributed by atoms with Crippen LogP contribution >= 0.6 is 0 Å². The van der Waals surface area contributed by atoms with Gasteiger partial charge in [-0.15, -0.1) is 0 Å². The van der Waals surface area contributed by atoms with E-state index in [4.69, 9.17) is 4.74 Å². The lowest BCUT2D eigenvalue weighted by Gasteiger charge is -2.40. The van der Waals surface area contributed by atoms with Crippen LogP contribution in [0, 0.1) is 5.92 Å². The summed E-state index contributed by atoms with van der Waals surface area (Å²) in [5.74, 6) is 0.462. The van der Waals surface area contributed by atoms with Crippen LogP contribution in [0.1, 0.15) is 56.2 Å². The molecule has 1 atom stereocenters. The lowest BCUT2D eigenvalue weighted by atomic mass is 9.80. The minimum absolute atomic E-state index is 0.0857. The molecule has 24 heavy (non-hydrogen) atoms. The number of hydrogen-bond acceptors (Lipinski definition) is 3. The molecule has 0 saturated heterocycles. The number of nitrogens with zero attached hydrogens (tertiary/aromatic N) is 3. The predicted octanol–water partition coefficient (Wildman–Crippen LogP) is 2.65. The largest absolute Gasteiger partial charge is 0.380 e. The van der Waals surface area contributed by atoms with E-state index in [1.165, 1.54) is 18.5 Å². The maximum absolute atomic E-state index is 14.6. The highest BCUT2D eigenvalue weighted by molar-refractivity contribution is 5.86. The third-order valence-electron chi connectivity index (χ3n) is 5.63. The number of halogens is 1. The van der Waals surface area contributed by atoms with Gasteiger partial charge >= 0.3 is 0 Å². The van der Waals surface area contributed by atoms with Crippen LogP contribution in [0.5, 0.6) is 0 Å². The van der Waals surface area contributed by atoms with Crippen molar-refractivity contribution in [1.29, 1.82) is 0 Å². The molecule has 1 aromatic rings. The fourth-order valence-electron chi connectivity index (χ4n) is 3.84. The zero-order valence-corrected chi connectivity index (χ0v) is 14.3. The molecule has 2 fully saturated rings. The second-order valence-corrected chi connectivity index (χ2v) is 7.55. The van der Waals surface area contributed by atoms with Crippen LogP contribution in [-0.4, -0.2) is 46.0 Å². The Morgan fingerprint density at radius 3 is 2.83 bits per heavy atom. The maximum atomic E-state index is 14.6. The monoisotopic (exact) mass is 335 g/mol. The van der Waals surface area contributed by atoms with E-state index in [1.807, 2.05) is 10.9 Å². The lowest BCUT2D eigenvalue weighted by Crippen LogP contribution is -2.52. The van der Waals surface area contributed by atoms with E-state index < -0.39 is 5.67 Å². The Morgan fingerprint density at radius 2 is 2.21 bits per heavy atom. The minimum Gasteiger partial charge on any atom is -0.380 e. The van der Waals surface area contributed by atoms with Crippen LogP contribution in [0.25, 0.3) is 0 Å². The topological polar surface area (TPSA) is 47.4 Å². The Morgan fingerprint density at radius 1 is 1.42 bits per heavy atom. The number of rotatable bonds is 6. The first kappa shape index (κ1) is 16.1. The number of fused-ring (bicyclic) bond motifs is 1. The molecule has 5 nitrogen and oxygen atoms in total. The molecule has 6 heteroatoms. The van der Waals surface area contributed by atoms with Gasteiger partial charge in [0, 0.05) is 37.7 Å². The molecule has 4 rings (SSSR count). The Hall–Kier alpha value is -1.43. The summed E-state index contributed by atoms with van der Waals surface area (Å²) in [5.41, 5.74) is 0.579. The van der Waals surface area contributed by atoms with E-state index >= 15 is 0 Å². The normalized spacial score (nSPS) is 25.2. The van der Waals surface area contributed by atoms with E-state index in [-0.39, 0.29) is 11.8 Å². The number of hydrogen-bond donors (Lipinski definition) is 0. The smallest absolute Gasteiger partial charge is 0.260 e. The van der Waals surface area contributed by atoms with Gasteiger partial charge in [0.15, 0.2) is 5.67 Å². The zero-order chi connectivity index (χ0) is 16.7. The molecule has 1 aromatic heterocycles. The van der Waals surface area contributed by atoms with Crippen LogP contribution < -0.4 is 0 Å². The number of aromatic nitrogens is 2. The van der Waals surface area contributed by atoms with Gasteiger partial charge in [-0.3, -0.25) is 9.48 Å². The van der Waals surface area contributed by atoms with Crippen molar-refractivity contribution in [1.82, 2.24) is 14.7 Å². The standard InChI is InChI=1S/C18H26FN3O2/c1-2-22-16-14(8-20-22)9-21(17(23)18(19)6-3-7-18)10-15(16)12-24-11-13-4-5-13/h8,13,15H,2-7,9-12H2,1H3/t15-/m1/s1. The third-order valence-corrected chi connectivity index (χ3v) is 5.63. The highest BCUT2D eigenvalue weighted by Crippen LogP contribution is 2.40. The minimum atomic E-state index is -1.63. The van der Waals surface area contributed by atoms with E-state index in [0.717, 1.165) is 25.1 Å². The summed E-state index contributed by atoms with van der Waals surface area (Å²) >= 11 is 0. The van der Waals surface area contributed by atoms with Gasteiger partial charge in [0.25, 0.3) is 5.91 Å². The van der Waals surface area contributed by atoms with E-state index in [2.05, 4.69) is 12.0 Å². The van der Waals surface area contributed by atoms with Crippen molar-refractivity contribution in [2.24, 2.45) is 5.92 Å². The molecule has 0 spiro atoms. The predicted molar refractivity (Wildman–Crippen MR) is 87.3 cm³/mol. The highest BCUT2D eigenvalue weighted by atomic mass is 19.1. The number of aryl methyl sites for hydroxylation is 1. The molecule has 0 unspecified atom stereocenters. The van der Waals surface area contributed by atoms with Crippen molar-refractivity contribution in [3.05, 3.63) is 17.5 Å². The fourth-order valence-corrected chi connectivity index (χ4v) is 3.84. The van der Waals surface area contributed by atoms with Crippen LogP contribution in [0.4, 0.5) is 4.39 Å². The molecule has 1 aliphatic heterocycles. The van der Waals surface area contributed by atoms with Gasteiger partial charge in [0.1, 0.15) is 0 Å². The van der Waals surface area contributed by atoms with Crippen LogP contribution in [0.15, 0.2) is 6.20 Å². The molecule has 2 saturated carbocycles. The number of alkyl halides is 1. The quantitative estimate of drug-likeness (QED) is 0.803. The molecule has 0 N–H and O–H groups in total. The van der Waals surface area contributed by atoms with Gasteiger partial charge in [-0.05, 0) is 44.9 Å². The van der Waals surface area contributed by atoms with Crippen LogP contribution in [0.2, 0.25) is 0 Å². The molecule has 2 heterocycles. The molecule has 3 aliphatic rings. The van der Waals surface area contributed by atoms with E-state index in [1.54, 1.807) is 4.90 Å². The Labute approximate surface area is 142 Å². The Bertz CT molecular complexity index is 622. The van der Waals surface area contributed by atoms with Gasteiger partial charge in [-0.2, -0.15) is 5.10 Å². The summed E-state index contributed by atoms with van der Waals surface area (Å²) in [5, 5.41) is 4.44. The molecule has 1 amide bonds. The second-order valence-electron chi connectivity index (χ2n) is 7.55. The van der Waals surface area contributed by atoms with E-state index in [0.29, 0.717) is 38.5 Å². The van der Waals surface area contributed by atoms with Crippen molar-refractivity contribution in [3.63, 3.8) is 0 Å². The average Bonchev–Trinajstić information content (AvgIpc) is 3.28. The van der Waals surface area contributed by atoms with Crippen molar-refractivity contribution < 1.29 is 13.9 Å². The molecular weight excluding hydrogens is 309 g/mol. The first-order valence-electron chi connectivity index (χ1n) is 9.21. The molecule has 0 radical (unpaired) electrons. The summed E-state index contributed by atoms with van der Waals surface area (Å²) in [6.45, 7) is 5.26. The Kier molecular flexibility index (Phi) is 4.11. The van der Waals surface area contributed by atoms with Crippen LogP contribution in [-0.2, 0) is 22.6 Å². The van der Waals surface area contributed by atoms with E-state index in [9.17, 15) is 9.18 Å². The van der Waals surface area contributed by atoms with Crippen molar-refractivity contribution in [2.45, 2.75) is 63.7 Å².